The average Bonchev–Trinajstić information content (AvgIpc) is 3.01. The highest BCUT2D eigenvalue weighted by Crippen LogP contribution is 2.14. The average molecular weight is 326 g/mol. The maximum absolute atomic E-state index is 11.7. The third kappa shape index (κ3) is 6.03. The van der Waals surface area contributed by atoms with E-state index in [1.807, 2.05) is 0 Å². The van der Waals surface area contributed by atoms with E-state index in [1.54, 1.807) is 24.3 Å². The molecule has 120 valence electrons. The largest absolute Gasteiger partial charge is 0.463 e. The Hall–Kier alpha value is -1.59. The summed E-state index contributed by atoms with van der Waals surface area (Å²) < 4.78 is 10.5. The van der Waals surface area contributed by atoms with Crippen LogP contribution in [0.5, 0.6) is 0 Å². The highest BCUT2D eigenvalue weighted by molar-refractivity contribution is 6.30. The van der Waals surface area contributed by atoms with Crippen molar-refractivity contribution in [2.75, 3.05) is 18.5 Å². The molecule has 2 rings (SSSR count). The zero-order valence-electron chi connectivity index (χ0n) is 12.3. The van der Waals surface area contributed by atoms with Gasteiger partial charge in [0.05, 0.1) is 6.10 Å². The van der Waals surface area contributed by atoms with E-state index in [0.717, 1.165) is 19.4 Å². The van der Waals surface area contributed by atoms with Crippen molar-refractivity contribution >= 4 is 29.2 Å². The quantitative estimate of drug-likeness (QED) is 0.782. The normalized spacial score (nSPS) is 17.2. The maximum atomic E-state index is 11.7. The van der Waals surface area contributed by atoms with Gasteiger partial charge < -0.3 is 14.8 Å². The SMILES string of the molecule is O=C(CCCC(=O)OC[C@@H]1CCCO1)Nc1ccc(Cl)cc1. The highest BCUT2D eigenvalue weighted by Gasteiger charge is 2.17. The summed E-state index contributed by atoms with van der Waals surface area (Å²) in [6, 6.07) is 6.88. The topological polar surface area (TPSA) is 64.6 Å². The van der Waals surface area contributed by atoms with Gasteiger partial charge in [0.15, 0.2) is 0 Å². The predicted octanol–water partition coefficient (Wildman–Crippen LogP) is 3.17. The molecule has 0 saturated carbocycles. The molecule has 1 fully saturated rings. The minimum absolute atomic E-state index is 0.0390. The van der Waals surface area contributed by atoms with Gasteiger partial charge in [-0.25, -0.2) is 0 Å². The summed E-state index contributed by atoms with van der Waals surface area (Å²) in [6.07, 6.45) is 2.98. The molecule has 1 saturated heterocycles. The Kier molecular flexibility index (Phi) is 6.68. The van der Waals surface area contributed by atoms with E-state index in [2.05, 4.69) is 5.32 Å². The zero-order chi connectivity index (χ0) is 15.8. The third-order valence-electron chi connectivity index (χ3n) is 3.37. The molecule has 1 aliphatic heterocycles. The fourth-order valence-electron chi connectivity index (χ4n) is 2.18. The maximum Gasteiger partial charge on any atom is 0.305 e. The van der Waals surface area contributed by atoms with Crippen LogP contribution < -0.4 is 5.32 Å². The molecule has 1 aliphatic rings. The fourth-order valence-corrected chi connectivity index (χ4v) is 2.31. The van der Waals surface area contributed by atoms with Gasteiger partial charge in [-0.2, -0.15) is 0 Å². The summed E-state index contributed by atoms with van der Waals surface area (Å²) in [5.74, 6) is -0.413. The summed E-state index contributed by atoms with van der Waals surface area (Å²) in [5, 5.41) is 3.37. The number of amides is 1. The standard InChI is InChI=1S/C16H20ClNO4/c17-12-6-8-13(9-7-12)18-15(19)4-1-5-16(20)22-11-14-3-2-10-21-14/h6-9,14H,1-5,10-11H2,(H,18,19)/t14-/m0/s1. The molecule has 0 bridgehead atoms. The van der Waals surface area contributed by atoms with E-state index in [1.165, 1.54) is 0 Å². The van der Waals surface area contributed by atoms with Gasteiger partial charge in [0.25, 0.3) is 0 Å². The Morgan fingerprint density at radius 3 is 2.73 bits per heavy atom. The molecule has 0 aliphatic carbocycles. The molecule has 0 unspecified atom stereocenters. The first-order valence-corrected chi connectivity index (χ1v) is 7.84. The van der Waals surface area contributed by atoms with Crippen LogP contribution in [0.4, 0.5) is 5.69 Å². The number of hydrogen-bond acceptors (Lipinski definition) is 4. The second-order valence-corrected chi connectivity index (χ2v) is 5.66. The lowest BCUT2D eigenvalue weighted by atomic mass is 10.2. The van der Waals surface area contributed by atoms with E-state index in [4.69, 9.17) is 21.1 Å². The summed E-state index contributed by atoms with van der Waals surface area (Å²) in [6.45, 7) is 1.06. The van der Waals surface area contributed by atoms with Crippen molar-refractivity contribution in [1.29, 1.82) is 0 Å². The number of ether oxygens (including phenoxy) is 2. The van der Waals surface area contributed by atoms with Crippen LogP contribution in [0.15, 0.2) is 24.3 Å². The van der Waals surface area contributed by atoms with Gasteiger partial charge in [0.1, 0.15) is 6.61 Å². The fraction of sp³-hybridized carbons (Fsp3) is 0.500. The van der Waals surface area contributed by atoms with Crippen molar-refractivity contribution in [2.24, 2.45) is 0 Å². The van der Waals surface area contributed by atoms with Crippen molar-refractivity contribution in [3.05, 3.63) is 29.3 Å². The molecular weight excluding hydrogens is 306 g/mol. The first-order chi connectivity index (χ1) is 10.6. The third-order valence-corrected chi connectivity index (χ3v) is 3.62. The van der Waals surface area contributed by atoms with Crippen molar-refractivity contribution in [1.82, 2.24) is 0 Å². The summed E-state index contributed by atoms with van der Waals surface area (Å²) in [5.41, 5.74) is 0.690. The van der Waals surface area contributed by atoms with Gasteiger partial charge in [-0.05, 0) is 43.5 Å². The van der Waals surface area contributed by atoms with Crippen LogP contribution in [0, 0.1) is 0 Å². The van der Waals surface area contributed by atoms with Gasteiger partial charge in [-0.1, -0.05) is 11.6 Å². The number of anilines is 1. The van der Waals surface area contributed by atoms with Gasteiger partial charge in [0.2, 0.25) is 5.91 Å². The monoisotopic (exact) mass is 325 g/mol. The zero-order valence-corrected chi connectivity index (χ0v) is 13.1. The second-order valence-electron chi connectivity index (χ2n) is 5.23. The number of halogens is 1. The lowest BCUT2D eigenvalue weighted by molar-refractivity contribution is -0.147. The van der Waals surface area contributed by atoms with Gasteiger partial charge in [-0.3, -0.25) is 9.59 Å². The van der Waals surface area contributed by atoms with Crippen molar-refractivity contribution in [3.63, 3.8) is 0 Å². The Bertz CT molecular complexity index is 497. The van der Waals surface area contributed by atoms with E-state index < -0.39 is 0 Å². The van der Waals surface area contributed by atoms with Crippen LogP contribution in [-0.2, 0) is 19.1 Å². The molecule has 1 aromatic rings. The van der Waals surface area contributed by atoms with Crippen LogP contribution in [0.2, 0.25) is 5.02 Å². The number of carbonyl (C=O) groups is 2. The number of benzene rings is 1. The van der Waals surface area contributed by atoms with Gasteiger partial charge >= 0.3 is 5.97 Å². The Balaban J connectivity index is 1.57. The van der Waals surface area contributed by atoms with Crippen LogP contribution in [0.1, 0.15) is 32.1 Å². The Morgan fingerprint density at radius 2 is 2.05 bits per heavy atom. The van der Waals surface area contributed by atoms with E-state index in [9.17, 15) is 9.59 Å². The van der Waals surface area contributed by atoms with Gasteiger partial charge in [-0.15, -0.1) is 0 Å². The van der Waals surface area contributed by atoms with E-state index >= 15 is 0 Å². The van der Waals surface area contributed by atoms with Crippen LogP contribution in [-0.4, -0.2) is 31.2 Å². The van der Waals surface area contributed by atoms with Crippen LogP contribution in [0.25, 0.3) is 0 Å². The molecule has 5 nitrogen and oxygen atoms in total. The van der Waals surface area contributed by atoms with Crippen molar-refractivity contribution in [2.45, 2.75) is 38.2 Å². The smallest absolute Gasteiger partial charge is 0.305 e. The first kappa shape index (κ1) is 16.8. The molecule has 22 heavy (non-hydrogen) atoms. The number of esters is 1. The summed E-state index contributed by atoms with van der Waals surface area (Å²) in [7, 11) is 0. The number of hydrogen-bond donors (Lipinski definition) is 1. The predicted molar refractivity (Wildman–Crippen MR) is 83.9 cm³/mol. The second kappa shape index (κ2) is 8.76. The number of carbonyl (C=O) groups excluding carboxylic acids is 2. The van der Waals surface area contributed by atoms with Crippen molar-refractivity contribution in [3.8, 4) is 0 Å². The molecule has 1 amide bonds. The lowest BCUT2D eigenvalue weighted by Gasteiger charge is -2.10. The Labute approximate surface area is 134 Å². The molecule has 0 aromatic heterocycles. The minimum atomic E-state index is -0.283. The number of rotatable bonds is 7. The number of nitrogens with one attached hydrogen (secondary N) is 1. The van der Waals surface area contributed by atoms with Crippen molar-refractivity contribution < 1.29 is 19.1 Å². The van der Waals surface area contributed by atoms with E-state index in [-0.39, 0.29) is 30.8 Å². The molecule has 1 N–H and O–H groups in total. The van der Waals surface area contributed by atoms with Crippen LogP contribution in [0.3, 0.4) is 0 Å². The minimum Gasteiger partial charge on any atom is -0.463 e. The highest BCUT2D eigenvalue weighted by atomic mass is 35.5. The summed E-state index contributed by atoms with van der Waals surface area (Å²) >= 11 is 5.77. The summed E-state index contributed by atoms with van der Waals surface area (Å²) in [4.78, 5) is 23.3. The van der Waals surface area contributed by atoms with E-state index in [0.29, 0.717) is 23.7 Å². The van der Waals surface area contributed by atoms with Crippen LogP contribution >= 0.6 is 11.6 Å². The first-order valence-electron chi connectivity index (χ1n) is 7.46. The molecule has 0 radical (unpaired) electrons. The van der Waals surface area contributed by atoms with Gasteiger partial charge in [0, 0.05) is 30.2 Å². The molecule has 1 heterocycles. The molecule has 0 spiro atoms. The lowest BCUT2D eigenvalue weighted by Crippen LogP contribution is -2.18. The Morgan fingerprint density at radius 1 is 1.27 bits per heavy atom. The molecule has 1 aromatic carbocycles. The molecule has 6 heteroatoms. The molecule has 1 atom stereocenters. The molecular formula is C16H20ClNO4.